The summed E-state index contributed by atoms with van der Waals surface area (Å²) in [6, 6.07) is 4.74. The summed E-state index contributed by atoms with van der Waals surface area (Å²) in [7, 11) is 0. The number of carbonyl (C=O) groups excluding carboxylic acids is 1. The Morgan fingerprint density at radius 3 is 2.48 bits per heavy atom. The Morgan fingerprint density at radius 1 is 1.00 bits per heavy atom. The number of likely N-dealkylation sites (tertiary alicyclic amines) is 1. The number of alkyl halides is 3. The van der Waals surface area contributed by atoms with Crippen LogP contribution in [0.15, 0.2) is 36.8 Å². The van der Waals surface area contributed by atoms with Gasteiger partial charge in [0, 0.05) is 37.9 Å². The van der Waals surface area contributed by atoms with E-state index < -0.39 is 23.2 Å². The molecule has 2 aromatic heterocycles. The van der Waals surface area contributed by atoms with Crippen molar-refractivity contribution in [2.45, 2.75) is 50.4 Å². The van der Waals surface area contributed by atoms with Gasteiger partial charge in [-0.3, -0.25) is 4.79 Å². The smallest absolute Gasteiger partial charge is 0.383 e. The molecule has 0 radical (unpaired) electrons. The summed E-state index contributed by atoms with van der Waals surface area (Å²) in [5.41, 5.74) is -0.430. The summed E-state index contributed by atoms with van der Waals surface area (Å²) < 4.78 is 56.2. The molecule has 3 aliphatic rings. The third-order valence-electron chi connectivity index (χ3n) is 8.24. The number of amides is 1. The number of fused-ring (bicyclic) bond motifs is 1. The SMILES string of the molecule is O=C1Cc2c(ncnc2N2CCC(O)(c3cc(-c4ccc(F)c(C(F)(F)F)c4)cn3CCN3CCCC3)CC2)N1. The highest BCUT2D eigenvalue weighted by Gasteiger charge is 2.39. The second kappa shape index (κ2) is 10.2. The van der Waals surface area contributed by atoms with Crippen LogP contribution in [0.1, 0.15) is 42.5 Å². The Kier molecular flexibility index (Phi) is 6.78. The highest BCUT2D eigenvalue weighted by atomic mass is 19.4. The lowest BCUT2D eigenvalue weighted by Gasteiger charge is -2.39. The van der Waals surface area contributed by atoms with E-state index in [1.165, 1.54) is 12.4 Å². The van der Waals surface area contributed by atoms with Crippen molar-refractivity contribution in [1.29, 1.82) is 0 Å². The maximum Gasteiger partial charge on any atom is 0.419 e. The van der Waals surface area contributed by atoms with Crippen LogP contribution in [0.3, 0.4) is 0 Å². The molecule has 0 aliphatic carbocycles. The largest absolute Gasteiger partial charge is 0.419 e. The third-order valence-corrected chi connectivity index (χ3v) is 8.24. The molecule has 0 saturated carbocycles. The number of rotatable bonds is 6. The number of piperidine rings is 1. The van der Waals surface area contributed by atoms with E-state index in [1.807, 2.05) is 9.47 Å². The number of benzene rings is 1. The van der Waals surface area contributed by atoms with Crippen molar-refractivity contribution in [3.8, 4) is 11.1 Å². The standard InChI is InChI=1S/C28H30F4N6O2/c29-22-4-3-18(13-21(22)28(30,31)32)19-14-23(38(16-19)12-11-36-7-1-2-8-36)27(40)5-9-37(10-6-27)26-20-15-24(39)35-25(20)33-17-34-26/h3-4,13-14,16-17,40H,1-2,5-12,15H2,(H,33,34,35,39). The summed E-state index contributed by atoms with van der Waals surface area (Å²) >= 11 is 0. The van der Waals surface area contributed by atoms with E-state index in [0.717, 1.165) is 50.2 Å². The molecule has 0 spiro atoms. The van der Waals surface area contributed by atoms with Gasteiger partial charge >= 0.3 is 6.18 Å². The van der Waals surface area contributed by atoms with Crippen molar-refractivity contribution < 1.29 is 27.5 Å². The van der Waals surface area contributed by atoms with Gasteiger partial charge in [0.1, 0.15) is 29.4 Å². The van der Waals surface area contributed by atoms with E-state index in [9.17, 15) is 27.5 Å². The van der Waals surface area contributed by atoms with Crippen LogP contribution in [0.4, 0.5) is 29.2 Å². The first kappa shape index (κ1) is 26.7. The van der Waals surface area contributed by atoms with Crippen molar-refractivity contribution >= 4 is 17.5 Å². The van der Waals surface area contributed by atoms with Crippen LogP contribution in [0, 0.1) is 5.82 Å². The normalized spacial score (nSPS) is 19.2. The minimum Gasteiger partial charge on any atom is -0.383 e. The van der Waals surface area contributed by atoms with Gasteiger partial charge in [-0.1, -0.05) is 6.07 Å². The third kappa shape index (κ3) is 5.05. The molecule has 0 bridgehead atoms. The lowest BCUT2D eigenvalue weighted by atomic mass is 9.87. The zero-order valence-corrected chi connectivity index (χ0v) is 21.8. The summed E-state index contributed by atoms with van der Waals surface area (Å²) in [5.74, 6) is -0.276. The molecule has 2 N–H and O–H groups in total. The number of carbonyl (C=O) groups is 1. The fourth-order valence-corrected chi connectivity index (χ4v) is 6.05. The number of nitrogens with one attached hydrogen (secondary N) is 1. The fraction of sp³-hybridized carbons (Fsp3) is 0.464. The van der Waals surface area contributed by atoms with Crippen molar-refractivity contribution in [2.24, 2.45) is 0 Å². The molecule has 3 aromatic rings. The molecule has 3 aliphatic heterocycles. The predicted octanol–water partition coefficient (Wildman–Crippen LogP) is 4.18. The van der Waals surface area contributed by atoms with E-state index in [1.54, 1.807) is 12.3 Å². The van der Waals surface area contributed by atoms with Crippen molar-refractivity contribution in [3.05, 3.63) is 59.4 Å². The second-order valence-electron chi connectivity index (χ2n) is 10.8. The molecule has 40 heavy (non-hydrogen) atoms. The number of hydrogen-bond acceptors (Lipinski definition) is 6. The van der Waals surface area contributed by atoms with Crippen LogP contribution in [-0.4, -0.2) is 63.2 Å². The zero-order valence-electron chi connectivity index (χ0n) is 21.8. The molecule has 6 rings (SSSR count). The van der Waals surface area contributed by atoms with Crippen LogP contribution in [-0.2, 0) is 29.5 Å². The van der Waals surface area contributed by atoms with Crippen molar-refractivity contribution in [2.75, 3.05) is 42.9 Å². The van der Waals surface area contributed by atoms with Gasteiger partial charge in [0.25, 0.3) is 0 Å². The summed E-state index contributed by atoms with van der Waals surface area (Å²) in [4.78, 5) is 24.8. The van der Waals surface area contributed by atoms with Gasteiger partial charge in [0.15, 0.2) is 0 Å². The number of hydrogen-bond donors (Lipinski definition) is 2. The minimum absolute atomic E-state index is 0.136. The van der Waals surface area contributed by atoms with E-state index >= 15 is 0 Å². The number of nitrogens with zero attached hydrogens (tertiary/aromatic N) is 5. The van der Waals surface area contributed by atoms with Gasteiger partial charge in [0.05, 0.1) is 17.7 Å². The fourth-order valence-electron chi connectivity index (χ4n) is 6.05. The predicted molar refractivity (Wildman–Crippen MR) is 140 cm³/mol. The molecular formula is C28H30F4N6O2. The van der Waals surface area contributed by atoms with Gasteiger partial charge in [-0.15, -0.1) is 0 Å². The molecular weight excluding hydrogens is 528 g/mol. The quantitative estimate of drug-likeness (QED) is 0.442. The molecule has 8 nitrogen and oxygen atoms in total. The molecule has 0 unspecified atom stereocenters. The first-order chi connectivity index (χ1) is 19.1. The van der Waals surface area contributed by atoms with E-state index in [0.29, 0.717) is 55.4 Å². The summed E-state index contributed by atoms with van der Waals surface area (Å²) in [6.45, 7) is 4.26. The molecule has 5 heterocycles. The maximum absolute atomic E-state index is 14.0. The topological polar surface area (TPSA) is 86.5 Å². The van der Waals surface area contributed by atoms with Crippen LogP contribution in [0.25, 0.3) is 11.1 Å². The van der Waals surface area contributed by atoms with Gasteiger partial charge in [0.2, 0.25) is 5.91 Å². The second-order valence-corrected chi connectivity index (χ2v) is 10.8. The van der Waals surface area contributed by atoms with Crippen molar-refractivity contribution in [3.63, 3.8) is 0 Å². The van der Waals surface area contributed by atoms with Gasteiger partial charge in [-0.05, 0) is 68.1 Å². The van der Waals surface area contributed by atoms with E-state index in [2.05, 4.69) is 20.2 Å². The lowest BCUT2D eigenvalue weighted by molar-refractivity contribution is -0.140. The Hall–Kier alpha value is -3.51. The average Bonchev–Trinajstić information content (AvgIpc) is 3.67. The molecule has 2 fully saturated rings. The van der Waals surface area contributed by atoms with Crippen LogP contribution in [0.2, 0.25) is 0 Å². The van der Waals surface area contributed by atoms with Gasteiger partial charge < -0.3 is 24.8 Å². The van der Waals surface area contributed by atoms with Crippen molar-refractivity contribution in [1.82, 2.24) is 19.4 Å². The highest BCUT2D eigenvalue weighted by Crippen LogP contribution is 2.40. The number of aliphatic hydroxyl groups is 1. The van der Waals surface area contributed by atoms with Gasteiger partial charge in [-0.25, -0.2) is 14.4 Å². The lowest BCUT2D eigenvalue weighted by Crippen LogP contribution is -2.44. The van der Waals surface area contributed by atoms with Crippen LogP contribution < -0.4 is 10.2 Å². The highest BCUT2D eigenvalue weighted by molar-refractivity contribution is 5.99. The average molecular weight is 559 g/mol. The Morgan fingerprint density at radius 2 is 1.75 bits per heavy atom. The minimum atomic E-state index is -4.81. The Bertz CT molecular complexity index is 1420. The van der Waals surface area contributed by atoms with E-state index in [-0.39, 0.29) is 17.9 Å². The maximum atomic E-state index is 14.0. The van der Waals surface area contributed by atoms with E-state index in [4.69, 9.17) is 0 Å². The molecule has 212 valence electrons. The molecule has 1 amide bonds. The summed E-state index contributed by atoms with van der Waals surface area (Å²) in [5, 5.41) is 14.6. The molecule has 0 atom stereocenters. The molecule has 2 saturated heterocycles. The number of halogens is 4. The monoisotopic (exact) mass is 558 g/mol. The van der Waals surface area contributed by atoms with Crippen LogP contribution >= 0.6 is 0 Å². The number of aromatic nitrogens is 3. The first-order valence-corrected chi connectivity index (χ1v) is 13.5. The molecule has 12 heteroatoms. The Labute approximate surface area is 228 Å². The summed E-state index contributed by atoms with van der Waals surface area (Å²) in [6.07, 6.45) is 1.54. The molecule has 1 aromatic carbocycles. The zero-order chi connectivity index (χ0) is 28.1. The van der Waals surface area contributed by atoms with Gasteiger partial charge in [-0.2, -0.15) is 13.2 Å². The number of anilines is 2. The Balaban J connectivity index is 1.29. The van der Waals surface area contributed by atoms with Crippen LogP contribution in [0.5, 0.6) is 0 Å². The first-order valence-electron chi connectivity index (χ1n) is 13.5.